The second kappa shape index (κ2) is 24.0. The Labute approximate surface area is 161 Å². The molecule has 0 unspecified atom stereocenters. The summed E-state index contributed by atoms with van der Waals surface area (Å²) in [5.41, 5.74) is 0. The third-order valence-electron chi connectivity index (χ3n) is 5.52. The van der Waals surface area contributed by atoms with Crippen molar-refractivity contribution >= 4 is 0 Å². The van der Waals surface area contributed by atoms with Gasteiger partial charge in [0, 0.05) is 0 Å². The first-order valence-corrected chi connectivity index (χ1v) is 12.2. The quantitative estimate of drug-likeness (QED) is 0.170. The molecule has 0 aromatic rings. The van der Waals surface area contributed by atoms with Crippen LogP contribution in [0.15, 0.2) is 0 Å². The summed E-state index contributed by atoms with van der Waals surface area (Å²) in [6, 6.07) is 0. The Balaban J connectivity index is 2.94. The molecule has 0 spiro atoms. The van der Waals surface area contributed by atoms with Crippen LogP contribution in [-0.4, -0.2) is 0 Å². The van der Waals surface area contributed by atoms with Crippen LogP contribution >= 0.6 is 0 Å². The Bertz CT molecular complexity index is 186. The van der Waals surface area contributed by atoms with Crippen LogP contribution in [0.3, 0.4) is 0 Å². The van der Waals surface area contributed by atoms with E-state index in [1.165, 1.54) is 141 Å². The molecule has 0 atom stereocenters. The molecule has 0 aliphatic rings. The Morgan fingerprint density at radius 1 is 0.320 bits per heavy atom. The highest BCUT2D eigenvalue weighted by atomic mass is 14.0. The van der Waals surface area contributed by atoms with Crippen molar-refractivity contribution < 1.29 is 0 Å². The van der Waals surface area contributed by atoms with Gasteiger partial charge in [-0.1, -0.05) is 155 Å². The molecule has 0 bridgehead atoms. The molecular weight excluding hydrogens is 300 g/mol. The van der Waals surface area contributed by atoms with Crippen LogP contribution in [0.2, 0.25) is 0 Å². The lowest BCUT2D eigenvalue weighted by atomic mass is 10.0. The summed E-state index contributed by atoms with van der Waals surface area (Å²) in [6.45, 7) is 4.59. The highest BCUT2D eigenvalue weighted by Crippen LogP contribution is 2.15. The number of unbranched alkanes of at least 4 members (excludes halogenated alkanes) is 22. The second-order valence-corrected chi connectivity index (χ2v) is 8.23. The van der Waals surface area contributed by atoms with Crippen molar-refractivity contribution in [1.29, 1.82) is 0 Å². The number of hydrogen-bond acceptors (Lipinski definition) is 0. The van der Waals surface area contributed by atoms with Gasteiger partial charge in [0.15, 0.2) is 0 Å². The van der Waals surface area contributed by atoms with Gasteiger partial charge in [0.1, 0.15) is 0 Å². The Kier molecular flexibility index (Phi) is 24.0. The van der Waals surface area contributed by atoms with E-state index in [0.717, 1.165) is 0 Å². The monoisotopic (exact) mass is 351 g/mol. The topological polar surface area (TPSA) is 0 Å². The second-order valence-electron chi connectivity index (χ2n) is 8.23. The fraction of sp³-hybridized carbons (Fsp3) is 0.960. The molecule has 0 aromatic carbocycles. The molecule has 0 aliphatic carbocycles. The fourth-order valence-corrected chi connectivity index (χ4v) is 3.70. The minimum Gasteiger partial charge on any atom is -0.0654 e. The smallest absolute Gasteiger partial charge is 0.0386 e. The van der Waals surface area contributed by atoms with Crippen LogP contribution in [0.5, 0.6) is 0 Å². The van der Waals surface area contributed by atoms with E-state index in [1.807, 2.05) is 0 Å². The van der Waals surface area contributed by atoms with E-state index in [4.69, 9.17) is 0 Å². The minimum absolute atomic E-state index is 1.36. The van der Waals surface area contributed by atoms with Crippen LogP contribution < -0.4 is 0 Å². The molecule has 1 radical (unpaired) electrons. The van der Waals surface area contributed by atoms with E-state index >= 15 is 0 Å². The van der Waals surface area contributed by atoms with E-state index in [-0.39, 0.29) is 0 Å². The highest BCUT2D eigenvalue weighted by Gasteiger charge is 1.95. The Morgan fingerprint density at radius 3 is 0.880 bits per heavy atom. The average molecular weight is 352 g/mol. The van der Waals surface area contributed by atoms with Crippen LogP contribution in [-0.2, 0) is 0 Å². The molecule has 0 heterocycles. The number of hydrogen-bond donors (Lipinski definition) is 0. The van der Waals surface area contributed by atoms with Crippen molar-refractivity contribution in [3.05, 3.63) is 6.42 Å². The van der Waals surface area contributed by atoms with Crippen molar-refractivity contribution in [3.63, 3.8) is 0 Å². The normalized spacial score (nSPS) is 11.3. The van der Waals surface area contributed by atoms with Gasteiger partial charge in [-0.2, -0.15) is 0 Å². The van der Waals surface area contributed by atoms with Crippen molar-refractivity contribution in [2.24, 2.45) is 0 Å². The highest BCUT2D eigenvalue weighted by molar-refractivity contribution is 4.64. The molecule has 151 valence electrons. The summed E-state index contributed by atoms with van der Waals surface area (Å²) < 4.78 is 0. The van der Waals surface area contributed by atoms with Crippen LogP contribution in [0.1, 0.15) is 155 Å². The summed E-state index contributed by atoms with van der Waals surface area (Å²) in [4.78, 5) is 0. The maximum atomic E-state index is 2.54. The third kappa shape index (κ3) is 24.0. The van der Waals surface area contributed by atoms with Gasteiger partial charge in [-0.3, -0.25) is 0 Å². The first kappa shape index (κ1) is 25.0. The van der Waals surface area contributed by atoms with Gasteiger partial charge < -0.3 is 0 Å². The zero-order valence-electron chi connectivity index (χ0n) is 18.1. The minimum atomic E-state index is 1.36. The molecular formula is C25H51. The average Bonchev–Trinajstić information content (AvgIpc) is 2.63. The molecule has 0 aromatic heterocycles. The lowest BCUT2D eigenvalue weighted by molar-refractivity contribution is 0.528. The summed E-state index contributed by atoms with van der Waals surface area (Å²) in [7, 11) is 0. The van der Waals surface area contributed by atoms with Crippen molar-refractivity contribution in [2.45, 2.75) is 155 Å². The first-order chi connectivity index (χ1) is 12.4. The van der Waals surface area contributed by atoms with Crippen LogP contribution in [0, 0.1) is 6.42 Å². The van der Waals surface area contributed by atoms with Gasteiger partial charge in [-0.05, 0) is 6.42 Å². The summed E-state index contributed by atoms with van der Waals surface area (Å²) >= 11 is 0. The molecule has 25 heavy (non-hydrogen) atoms. The van der Waals surface area contributed by atoms with E-state index in [0.29, 0.717) is 0 Å². The molecule has 0 aliphatic heterocycles. The third-order valence-corrected chi connectivity index (χ3v) is 5.52. The van der Waals surface area contributed by atoms with Crippen molar-refractivity contribution in [2.75, 3.05) is 0 Å². The van der Waals surface area contributed by atoms with Gasteiger partial charge in [0.25, 0.3) is 0 Å². The first-order valence-electron chi connectivity index (χ1n) is 12.2. The van der Waals surface area contributed by atoms with Crippen LogP contribution in [0.4, 0.5) is 0 Å². The van der Waals surface area contributed by atoms with Gasteiger partial charge >= 0.3 is 0 Å². The predicted octanol–water partition coefficient (Wildman–Crippen LogP) is 9.81. The molecule has 0 amide bonds. The lowest BCUT2D eigenvalue weighted by Crippen LogP contribution is -1.84. The maximum Gasteiger partial charge on any atom is -0.0386 e. The predicted molar refractivity (Wildman–Crippen MR) is 117 cm³/mol. The van der Waals surface area contributed by atoms with E-state index in [2.05, 4.69) is 20.3 Å². The zero-order chi connectivity index (χ0) is 18.3. The molecule has 0 saturated heterocycles. The van der Waals surface area contributed by atoms with E-state index < -0.39 is 0 Å². The molecule has 0 heteroatoms. The number of rotatable bonds is 22. The standard InChI is InChI=1S/C25H51/c1-3-5-7-9-11-13-15-17-19-21-23-25-24-22-20-18-16-14-12-10-8-6-4-2/h13H,3-12,14-25H2,1-2H3. The Morgan fingerprint density at radius 2 is 0.560 bits per heavy atom. The maximum absolute atomic E-state index is 2.54. The molecule has 0 rings (SSSR count). The molecule has 0 nitrogen and oxygen atoms in total. The Hall–Kier alpha value is 0. The van der Waals surface area contributed by atoms with Crippen molar-refractivity contribution in [1.82, 2.24) is 0 Å². The van der Waals surface area contributed by atoms with Gasteiger partial charge in [-0.15, -0.1) is 0 Å². The molecule has 0 fully saturated rings. The molecule has 0 N–H and O–H groups in total. The lowest BCUT2D eigenvalue weighted by Gasteiger charge is -2.04. The van der Waals surface area contributed by atoms with Gasteiger partial charge in [0.2, 0.25) is 0 Å². The van der Waals surface area contributed by atoms with Gasteiger partial charge in [0.05, 0.1) is 0 Å². The summed E-state index contributed by atoms with van der Waals surface area (Å²) in [5, 5.41) is 0. The zero-order valence-corrected chi connectivity index (χ0v) is 18.1. The SMILES string of the molecule is CCCCCC[CH]CCCCCCCCCCCCCCCCCC. The molecule has 0 saturated carbocycles. The van der Waals surface area contributed by atoms with E-state index in [1.54, 1.807) is 0 Å². The summed E-state index contributed by atoms with van der Waals surface area (Å²) in [6.07, 6.45) is 34.4. The van der Waals surface area contributed by atoms with Crippen LogP contribution in [0.25, 0.3) is 0 Å². The van der Waals surface area contributed by atoms with Crippen molar-refractivity contribution in [3.8, 4) is 0 Å². The van der Waals surface area contributed by atoms with E-state index in [9.17, 15) is 0 Å². The van der Waals surface area contributed by atoms with Gasteiger partial charge in [-0.25, -0.2) is 0 Å². The summed E-state index contributed by atoms with van der Waals surface area (Å²) in [5.74, 6) is 0. The largest absolute Gasteiger partial charge is 0.0654 e. The fourth-order valence-electron chi connectivity index (χ4n) is 3.70.